The Morgan fingerprint density at radius 2 is 2.00 bits per heavy atom. The topological polar surface area (TPSA) is 78.1 Å². The zero-order chi connectivity index (χ0) is 18.6. The number of benzene rings is 1. The molecule has 3 aromatic rings. The Kier molecular flexibility index (Phi) is 4.87. The summed E-state index contributed by atoms with van der Waals surface area (Å²) in [5, 5.41) is 3.99. The van der Waals surface area contributed by atoms with E-state index in [1.54, 1.807) is 17.3 Å². The number of piperidine rings is 1. The summed E-state index contributed by atoms with van der Waals surface area (Å²) in [6, 6.07) is 13.5. The van der Waals surface area contributed by atoms with Gasteiger partial charge in [0.15, 0.2) is 0 Å². The van der Waals surface area contributed by atoms with E-state index < -0.39 is 0 Å². The third-order valence-corrected chi connectivity index (χ3v) is 5.06. The Morgan fingerprint density at radius 3 is 2.81 bits per heavy atom. The summed E-state index contributed by atoms with van der Waals surface area (Å²) in [5.74, 6) is -0.215. The van der Waals surface area contributed by atoms with Gasteiger partial charge in [-0.3, -0.25) is 14.6 Å². The molecule has 0 radical (unpaired) electrons. The summed E-state index contributed by atoms with van der Waals surface area (Å²) < 4.78 is 0. The number of H-pyrrole nitrogens is 1. The van der Waals surface area contributed by atoms with Gasteiger partial charge in [0.05, 0.1) is 5.92 Å². The molecule has 2 aromatic heterocycles. The number of amides is 2. The van der Waals surface area contributed by atoms with Crippen molar-refractivity contribution in [1.29, 1.82) is 0 Å². The van der Waals surface area contributed by atoms with Crippen LogP contribution < -0.4 is 5.32 Å². The van der Waals surface area contributed by atoms with Gasteiger partial charge in [-0.1, -0.05) is 18.2 Å². The molecule has 0 aliphatic carbocycles. The molecule has 27 heavy (non-hydrogen) atoms. The molecule has 0 bridgehead atoms. The van der Waals surface area contributed by atoms with Gasteiger partial charge in [-0.05, 0) is 42.7 Å². The Morgan fingerprint density at radius 1 is 1.19 bits per heavy atom. The number of fused-ring (bicyclic) bond motifs is 1. The largest absolute Gasteiger partial charge is 0.352 e. The maximum atomic E-state index is 12.9. The number of hydrogen-bond acceptors (Lipinski definition) is 3. The highest BCUT2D eigenvalue weighted by Crippen LogP contribution is 2.21. The van der Waals surface area contributed by atoms with Gasteiger partial charge in [-0.25, -0.2) is 0 Å². The van der Waals surface area contributed by atoms with Crippen LogP contribution in [-0.2, 0) is 11.3 Å². The zero-order valence-electron chi connectivity index (χ0n) is 15.0. The molecule has 2 N–H and O–H groups in total. The molecule has 2 amide bonds. The van der Waals surface area contributed by atoms with Crippen LogP contribution in [-0.4, -0.2) is 39.8 Å². The van der Waals surface area contributed by atoms with Crippen LogP contribution in [0.4, 0.5) is 0 Å². The van der Waals surface area contributed by atoms with Crippen LogP contribution in [0.1, 0.15) is 28.9 Å². The van der Waals surface area contributed by atoms with Crippen molar-refractivity contribution < 1.29 is 9.59 Å². The fourth-order valence-electron chi connectivity index (χ4n) is 3.57. The minimum Gasteiger partial charge on any atom is -0.352 e. The van der Waals surface area contributed by atoms with E-state index in [1.807, 2.05) is 42.5 Å². The molecule has 0 spiro atoms. The SMILES string of the molecule is O=C(NCc1ccncc1)[C@@H]1CCCN(C(=O)c2cc3ccccc3[nH]2)C1. The molecule has 0 saturated carbocycles. The van der Waals surface area contributed by atoms with E-state index in [4.69, 9.17) is 0 Å². The van der Waals surface area contributed by atoms with Gasteiger partial charge in [-0.15, -0.1) is 0 Å². The van der Waals surface area contributed by atoms with Gasteiger partial charge < -0.3 is 15.2 Å². The average Bonchev–Trinajstić information content (AvgIpc) is 3.16. The van der Waals surface area contributed by atoms with E-state index in [0.717, 1.165) is 29.3 Å². The maximum Gasteiger partial charge on any atom is 0.270 e. The summed E-state index contributed by atoms with van der Waals surface area (Å²) in [4.78, 5) is 34.4. The van der Waals surface area contributed by atoms with Gasteiger partial charge in [-0.2, -0.15) is 0 Å². The van der Waals surface area contributed by atoms with Gasteiger partial charge in [0.2, 0.25) is 5.91 Å². The van der Waals surface area contributed by atoms with Crippen molar-refractivity contribution in [3.63, 3.8) is 0 Å². The van der Waals surface area contributed by atoms with Crippen LogP contribution in [0, 0.1) is 5.92 Å². The molecule has 6 nitrogen and oxygen atoms in total. The van der Waals surface area contributed by atoms with Crippen LogP contribution in [0.15, 0.2) is 54.9 Å². The van der Waals surface area contributed by atoms with E-state index in [0.29, 0.717) is 25.3 Å². The van der Waals surface area contributed by atoms with E-state index in [2.05, 4.69) is 15.3 Å². The number of aromatic amines is 1. The third kappa shape index (κ3) is 3.84. The van der Waals surface area contributed by atoms with Gasteiger partial charge >= 0.3 is 0 Å². The number of para-hydroxylation sites is 1. The molecule has 1 aliphatic rings. The fraction of sp³-hybridized carbons (Fsp3) is 0.286. The van der Waals surface area contributed by atoms with Crippen LogP contribution >= 0.6 is 0 Å². The number of carbonyl (C=O) groups is 2. The van der Waals surface area contributed by atoms with Gasteiger partial charge in [0.1, 0.15) is 5.69 Å². The second kappa shape index (κ2) is 7.61. The van der Waals surface area contributed by atoms with Crippen molar-refractivity contribution in [3.8, 4) is 0 Å². The van der Waals surface area contributed by atoms with Crippen LogP contribution in [0.3, 0.4) is 0 Å². The predicted octanol–water partition coefficient (Wildman–Crippen LogP) is 2.73. The van der Waals surface area contributed by atoms with Gasteiger partial charge in [0, 0.05) is 42.9 Å². The summed E-state index contributed by atoms with van der Waals surface area (Å²) in [7, 11) is 0. The highest BCUT2D eigenvalue weighted by Gasteiger charge is 2.29. The second-order valence-electron chi connectivity index (χ2n) is 6.93. The fourth-order valence-corrected chi connectivity index (χ4v) is 3.57. The summed E-state index contributed by atoms with van der Waals surface area (Å²) >= 11 is 0. The summed E-state index contributed by atoms with van der Waals surface area (Å²) in [5.41, 5.74) is 2.54. The lowest BCUT2D eigenvalue weighted by Crippen LogP contribution is -2.45. The number of nitrogens with zero attached hydrogens (tertiary/aromatic N) is 2. The third-order valence-electron chi connectivity index (χ3n) is 5.06. The van der Waals surface area contributed by atoms with E-state index >= 15 is 0 Å². The predicted molar refractivity (Wildman–Crippen MR) is 103 cm³/mol. The first kappa shape index (κ1) is 17.3. The highest BCUT2D eigenvalue weighted by atomic mass is 16.2. The Bertz CT molecular complexity index is 918. The van der Waals surface area contributed by atoms with Crippen molar-refractivity contribution >= 4 is 22.7 Å². The Balaban J connectivity index is 1.39. The first-order valence-corrected chi connectivity index (χ1v) is 9.24. The van der Waals surface area contributed by atoms with Crippen molar-refractivity contribution in [1.82, 2.24) is 20.2 Å². The van der Waals surface area contributed by atoms with Crippen LogP contribution in [0.25, 0.3) is 10.9 Å². The quantitative estimate of drug-likeness (QED) is 0.749. The lowest BCUT2D eigenvalue weighted by Gasteiger charge is -2.31. The second-order valence-corrected chi connectivity index (χ2v) is 6.93. The average molecular weight is 362 g/mol. The lowest BCUT2D eigenvalue weighted by molar-refractivity contribution is -0.126. The van der Waals surface area contributed by atoms with Crippen molar-refractivity contribution in [2.24, 2.45) is 5.92 Å². The molecule has 1 aliphatic heterocycles. The van der Waals surface area contributed by atoms with E-state index in [9.17, 15) is 9.59 Å². The number of likely N-dealkylation sites (tertiary alicyclic amines) is 1. The molecule has 4 rings (SSSR count). The Hall–Kier alpha value is -3.15. The number of aromatic nitrogens is 2. The maximum absolute atomic E-state index is 12.9. The number of carbonyl (C=O) groups excluding carboxylic acids is 2. The monoisotopic (exact) mass is 362 g/mol. The first-order valence-electron chi connectivity index (χ1n) is 9.24. The molecule has 1 atom stereocenters. The minimum absolute atomic E-state index is 0.000888. The molecule has 6 heteroatoms. The van der Waals surface area contributed by atoms with Gasteiger partial charge in [0.25, 0.3) is 5.91 Å². The van der Waals surface area contributed by atoms with E-state index in [-0.39, 0.29) is 17.7 Å². The number of nitrogens with one attached hydrogen (secondary N) is 2. The Labute approximate surface area is 157 Å². The van der Waals surface area contributed by atoms with Crippen LogP contribution in [0.2, 0.25) is 0 Å². The zero-order valence-corrected chi connectivity index (χ0v) is 15.0. The highest BCUT2D eigenvalue weighted by molar-refractivity contribution is 5.98. The number of rotatable bonds is 4. The lowest BCUT2D eigenvalue weighted by atomic mass is 9.96. The summed E-state index contributed by atoms with van der Waals surface area (Å²) in [6.45, 7) is 1.62. The van der Waals surface area contributed by atoms with Crippen molar-refractivity contribution in [2.45, 2.75) is 19.4 Å². The minimum atomic E-state index is -0.172. The molecule has 1 aromatic carbocycles. The molecule has 1 saturated heterocycles. The van der Waals surface area contributed by atoms with Crippen molar-refractivity contribution in [2.75, 3.05) is 13.1 Å². The molecule has 138 valence electrons. The number of hydrogen-bond donors (Lipinski definition) is 2. The number of pyridine rings is 1. The van der Waals surface area contributed by atoms with Crippen molar-refractivity contribution in [3.05, 3.63) is 66.1 Å². The molecular weight excluding hydrogens is 340 g/mol. The molecule has 1 fully saturated rings. The smallest absolute Gasteiger partial charge is 0.270 e. The standard InChI is InChI=1S/C21H22N4O2/c26-20(23-13-15-7-9-22-10-8-15)17-5-3-11-25(14-17)21(27)19-12-16-4-1-2-6-18(16)24-19/h1-2,4,6-10,12,17,24H,3,5,11,13-14H2,(H,23,26)/t17-/m1/s1. The molecular formula is C21H22N4O2. The molecule has 3 heterocycles. The van der Waals surface area contributed by atoms with Crippen LogP contribution in [0.5, 0.6) is 0 Å². The normalized spacial score (nSPS) is 17.0. The molecule has 0 unspecified atom stereocenters. The first-order chi connectivity index (χ1) is 13.2. The van der Waals surface area contributed by atoms with E-state index in [1.165, 1.54) is 0 Å². The summed E-state index contributed by atoms with van der Waals surface area (Å²) in [6.07, 6.45) is 5.06.